The smallest absolute Gasteiger partial charge is 0.312 e. The molecule has 0 bridgehead atoms. The monoisotopic (exact) mass is 268 g/mol. The summed E-state index contributed by atoms with van der Waals surface area (Å²) in [6.07, 6.45) is 1.90. The molecule has 1 N–H and O–H groups in total. The van der Waals surface area contributed by atoms with E-state index in [4.69, 9.17) is 0 Å². The van der Waals surface area contributed by atoms with Crippen LogP contribution in [0.5, 0.6) is 0 Å². The Bertz CT molecular complexity index is 482. The molecule has 1 aromatic heterocycles. The Kier molecular flexibility index (Phi) is 5.02. The van der Waals surface area contributed by atoms with Gasteiger partial charge < -0.3 is 5.32 Å². The number of hydrogen-bond donors (Lipinski definition) is 1. The van der Waals surface area contributed by atoms with E-state index in [1.54, 1.807) is 13.8 Å². The van der Waals surface area contributed by atoms with Crippen molar-refractivity contribution in [1.82, 2.24) is 15.1 Å². The Morgan fingerprint density at radius 2 is 2.16 bits per heavy atom. The van der Waals surface area contributed by atoms with Crippen molar-refractivity contribution in [3.8, 4) is 0 Å². The van der Waals surface area contributed by atoms with Crippen molar-refractivity contribution in [2.75, 3.05) is 0 Å². The first kappa shape index (κ1) is 15.1. The second-order valence-electron chi connectivity index (χ2n) is 4.69. The Labute approximate surface area is 112 Å². The average Bonchev–Trinajstić information content (AvgIpc) is 2.53. The maximum atomic E-state index is 11.8. The molecule has 19 heavy (non-hydrogen) atoms. The number of carbonyl (C=O) groups excluding carboxylic acids is 1. The molecule has 0 unspecified atom stereocenters. The van der Waals surface area contributed by atoms with Gasteiger partial charge in [-0.05, 0) is 27.2 Å². The lowest BCUT2D eigenvalue weighted by Crippen LogP contribution is -2.35. The van der Waals surface area contributed by atoms with Gasteiger partial charge in [-0.1, -0.05) is 13.3 Å². The fourth-order valence-electron chi connectivity index (χ4n) is 2.07. The first-order valence-corrected chi connectivity index (χ1v) is 6.34. The molecule has 0 saturated carbocycles. The van der Waals surface area contributed by atoms with Crippen LogP contribution in [0.2, 0.25) is 0 Å². The van der Waals surface area contributed by atoms with Crippen LogP contribution >= 0.6 is 0 Å². The average molecular weight is 268 g/mol. The number of nitrogens with zero attached hydrogens (tertiary/aromatic N) is 3. The fourth-order valence-corrected chi connectivity index (χ4v) is 2.07. The predicted molar refractivity (Wildman–Crippen MR) is 70.9 cm³/mol. The zero-order chi connectivity index (χ0) is 14.6. The molecule has 0 saturated heterocycles. The number of nitrogens with one attached hydrogen (secondary N) is 1. The third-order valence-corrected chi connectivity index (χ3v) is 2.95. The molecule has 7 nitrogen and oxygen atoms in total. The quantitative estimate of drug-likeness (QED) is 0.628. The van der Waals surface area contributed by atoms with Gasteiger partial charge in [0.1, 0.15) is 17.9 Å². The summed E-state index contributed by atoms with van der Waals surface area (Å²) < 4.78 is 1.38. The first-order chi connectivity index (χ1) is 8.86. The molecule has 0 aliphatic heterocycles. The predicted octanol–water partition coefficient (Wildman–Crippen LogP) is 1.71. The lowest BCUT2D eigenvalue weighted by molar-refractivity contribution is -0.386. The van der Waals surface area contributed by atoms with Crippen molar-refractivity contribution in [3.63, 3.8) is 0 Å². The van der Waals surface area contributed by atoms with Crippen molar-refractivity contribution in [2.45, 2.75) is 53.1 Å². The molecule has 106 valence electrons. The Hall–Kier alpha value is -1.92. The van der Waals surface area contributed by atoms with E-state index in [-0.39, 0.29) is 24.2 Å². The second-order valence-corrected chi connectivity index (χ2v) is 4.69. The number of rotatable bonds is 6. The van der Waals surface area contributed by atoms with Crippen LogP contribution in [0.4, 0.5) is 5.69 Å². The lowest BCUT2D eigenvalue weighted by Gasteiger charge is -2.12. The number of carbonyl (C=O) groups is 1. The number of aromatic nitrogens is 2. The summed E-state index contributed by atoms with van der Waals surface area (Å²) in [7, 11) is 0. The van der Waals surface area contributed by atoms with Gasteiger partial charge in [-0.15, -0.1) is 0 Å². The molecule has 1 heterocycles. The third kappa shape index (κ3) is 3.77. The highest BCUT2D eigenvalue weighted by molar-refractivity contribution is 5.76. The fraction of sp³-hybridized carbons (Fsp3) is 0.667. The van der Waals surface area contributed by atoms with E-state index in [0.717, 1.165) is 12.8 Å². The maximum Gasteiger partial charge on any atom is 0.312 e. The van der Waals surface area contributed by atoms with Crippen LogP contribution in [0.1, 0.15) is 38.1 Å². The summed E-state index contributed by atoms with van der Waals surface area (Å²) in [6, 6.07) is 0.101. The first-order valence-electron chi connectivity index (χ1n) is 6.34. The van der Waals surface area contributed by atoms with E-state index in [9.17, 15) is 14.9 Å². The lowest BCUT2D eigenvalue weighted by atomic mass is 10.2. The van der Waals surface area contributed by atoms with Gasteiger partial charge in [-0.2, -0.15) is 5.10 Å². The van der Waals surface area contributed by atoms with Crippen LogP contribution < -0.4 is 5.32 Å². The van der Waals surface area contributed by atoms with Gasteiger partial charge >= 0.3 is 5.69 Å². The minimum absolute atomic E-state index is 0.00850. The van der Waals surface area contributed by atoms with E-state index >= 15 is 0 Å². The summed E-state index contributed by atoms with van der Waals surface area (Å²) in [5, 5.41) is 17.7. The van der Waals surface area contributed by atoms with Crippen molar-refractivity contribution in [1.29, 1.82) is 0 Å². The molecule has 1 rings (SSSR count). The topological polar surface area (TPSA) is 90.1 Å². The maximum absolute atomic E-state index is 11.8. The Morgan fingerprint density at radius 3 is 2.63 bits per heavy atom. The molecular formula is C12H20N4O3. The summed E-state index contributed by atoms with van der Waals surface area (Å²) in [5.41, 5.74) is 0.715. The van der Waals surface area contributed by atoms with Crippen LogP contribution in [-0.2, 0) is 11.3 Å². The van der Waals surface area contributed by atoms with Crippen LogP contribution in [0.3, 0.4) is 0 Å². The van der Waals surface area contributed by atoms with E-state index in [1.807, 2.05) is 13.8 Å². The molecule has 0 aliphatic carbocycles. The van der Waals surface area contributed by atoms with Gasteiger partial charge in [0.05, 0.1) is 4.92 Å². The van der Waals surface area contributed by atoms with E-state index in [1.165, 1.54) is 4.68 Å². The highest BCUT2D eigenvalue weighted by Gasteiger charge is 2.22. The van der Waals surface area contributed by atoms with Crippen molar-refractivity contribution in [3.05, 3.63) is 21.5 Å². The SMILES string of the molecule is CCC[C@@H](C)NC(=O)Cn1nc(C)c([N+](=O)[O-])c1C. The molecule has 0 aromatic carbocycles. The van der Waals surface area contributed by atoms with Crippen LogP contribution in [0, 0.1) is 24.0 Å². The van der Waals surface area contributed by atoms with Crippen LogP contribution in [0.15, 0.2) is 0 Å². The van der Waals surface area contributed by atoms with Crippen LogP contribution in [-0.4, -0.2) is 26.7 Å². The van der Waals surface area contributed by atoms with Gasteiger partial charge in [-0.25, -0.2) is 0 Å². The number of nitro groups is 1. The summed E-state index contributed by atoms with van der Waals surface area (Å²) in [4.78, 5) is 22.2. The van der Waals surface area contributed by atoms with Gasteiger partial charge in [0, 0.05) is 6.04 Å². The zero-order valence-electron chi connectivity index (χ0n) is 11.8. The largest absolute Gasteiger partial charge is 0.352 e. The minimum atomic E-state index is -0.466. The molecule has 0 radical (unpaired) electrons. The summed E-state index contributed by atoms with van der Waals surface area (Å²) >= 11 is 0. The Balaban J connectivity index is 2.75. The van der Waals surface area contributed by atoms with Gasteiger partial charge in [0.2, 0.25) is 5.91 Å². The summed E-state index contributed by atoms with van der Waals surface area (Å²) in [5.74, 6) is -0.179. The van der Waals surface area contributed by atoms with Gasteiger partial charge in [0.15, 0.2) is 0 Å². The Morgan fingerprint density at radius 1 is 1.53 bits per heavy atom. The van der Waals surface area contributed by atoms with Gasteiger partial charge in [-0.3, -0.25) is 19.6 Å². The van der Waals surface area contributed by atoms with Crippen molar-refractivity contribution in [2.24, 2.45) is 0 Å². The second kappa shape index (κ2) is 6.31. The van der Waals surface area contributed by atoms with E-state index < -0.39 is 4.92 Å². The molecule has 7 heteroatoms. The van der Waals surface area contributed by atoms with E-state index in [2.05, 4.69) is 10.4 Å². The minimum Gasteiger partial charge on any atom is -0.352 e. The zero-order valence-corrected chi connectivity index (χ0v) is 11.8. The van der Waals surface area contributed by atoms with Crippen molar-refractivity contribution >= 4 is 11.6 Å². The third-order valence-electron chi connectivity index (χ3n) is 2.95. The molecule has 0 fully saturated rings. The van der Waals surface area contributed by atoms with E-state index in [0.29, 0.717) is 11.4 Å². The molecule has 1 aromatic rings. The number of hydrogen-bond acceptors (Lipinski definition) is 4. The highest BCUT2D eigenvalue weighted by atomic mass is 16.6. The van der Waals surface area contributed by atoms with Gasteiger partial charge in [0.25, 0.3) is 0 Å². The summed E-state index contributed by atoms with van der Waals surface area (Å²) in [6.45, 7) is 7.16. The number of aryl methyl sites for hydroxylation is 1. The number of amides is 1. The molecule has 0 spiro atoms. The van der Waals surface area contributed by atoms with Crippen LogP contribution in [0.25, 0.3) is 0 Å². The molecular weight excluding hydrogens is 248 g/mol. The standard InChI is InChI=1S/C12H20N4O3/c1-5-6-8(2)13-11(17)7-15-10(4)12(16(18)19)9(3)14-15/h8H,5-7H2,1-4H3,(H,13,17)/t8-/m1/s1. The van der Waals surface area contributed by atoms with Crippen molar-refractivity contribution < 1.29 is 9.72 Å². The normalized spacial score (nSPS) is 12.2. The highest BCUT2D eigenvalue weighted by Crippen LogP contribution is 2.21. The molecule has 0 aliphatic rings. The molecule has 1 atom stereocenters. The molecule has 1 amide bonds.